The predicted molar refractivity (Wildman–Crippen MR) is 407 cm³/mol. The zero-order valence-corrected chi connectivity index (χ0v) is 54.5. The summed E-state index contributed by atoms with van der Waals surface area (Å²) in [5, 5.41) is 17.7. The van der Waals surface area contributed by atoms with Gasteiger partial charge in [0.1, 0.15) is 50.5 Å². The first-order chi connectivity index (χ1) is 50.8. The molecule has 0 unspecified atom stereocenters. The molecular weight excluding hydrogens is 1270 g/mol. The first kappa shape index (κ1) is 58.8. The van der Waals surface area contributed by atoms with E-state index in [1.165, 1.54) is 12.1 Å². The second-order valence-corrected chi connectivity index (χ2v) is 25.8. The van der Waals surface area contributed by atoms with Crippen LogP contribution in [0.3, 0.4) is 0 Å². The van der Waals surface area contributed by atoms with Gasteiger partial charge in [-0.05, 0) is 225 Å². The Balaban J connectivity index is 0.687. The molecule has 480 valence electrons. The van der Waals surface area contributed by atoms with E-state index < -0.39 is 0 Å². The van der Waals surface area contributed by atoms with Crippen LogP contribution in [-0.2, 0) is 0 Å². The number of hydrogen-bond acceptors (Lipinski definition) is 11. The Morgan fingerprint density at radius 2 is 0.466 bits per heavy atom. The van der Waals surface area contributed by atoms with Crippen LogP contribution >= 0.6 is 0 Å². The van der Waals surface area contributed by atoms with E-state index in [2.05, 4.69) is 133 Å². The SMILES string of the molecule is N#Cc1ccc(-c2nc(-c3ccccc3)nc(-c3cc(-c4ccc5oc6ccccc6c5c4)cc(-c4ccc5oc6ccc(-c7ccc8c(c7)oc7ccc(-c9cc(-c%10ccc%11oc%12ccccc%12c%11c%10)cc(-c%10nc(-c%11ccccc%11)nc(-c%11ccc(F)cc%11)n%10)c9)cc78)cc6c5c4)c3)n2)cc1. The quantitative estimate of drug-likeness (QED) is 0.122. The fraction of sp³-hybridized carbons (Fsp3) is 0. The molecule has 0 saturated carbocycles. The smallest absolute Gasteiger partial charge is 0.164 e. The van der Waals surface area contributed by atoms with Gasteiger partial charge in [0, 0.05) is 76.5 Å². The lowest BCUT2D eigenvalue weighted by Gasteiger charge is -2.13. The van der Waals surface area contributed by atoms with Gasteiger partial charge in [-0.15, -0.1) is 0 Å². The summed E-state index contributed by atoms with van der Waals surface area (Å²) in [5.74, 6) is 2.56. The number of para-hydroxylation sites is 2. The van der Waals surface area contributed by atoms with Gasteiger partial charge in [0.15, 0.2) is 34.9 Å². The number of fused-ring (bicyclic) bond motifs is 12. The number of nitrogens with zero attached hydrogens (tertiary/aromatic N) is 7. The molecular formula is C91H50FN7O4. The van der Waals surface area contributed by atoms with E-state index in [-0.39, 0.29) is 5.82 Å². The van der Waals surface area contributed by atoms with Crippen LogP contribution in [0.2, 0.25) is 0 Å². The topological polar surface area (TPSA) is 154 Å². The van der Waals surface area contributed by atoms with Crippen LogP contribution in [0.5, 0.6) is 0 Å². The number of hydrogen-bond donors (Lipinski definition) is 0. The van der Waals surface area contributed by atoms with E-state index in [0.29, 0.717) is 46.1 Å². The predicted octanol–water partition coefficient (Wildman–Crippen LogP) is 24.0. The van der Waals surface area contributed by atoms with Gasteiger partial charge in [0.2, 0.25) is 0 Å². The van der Waals surface area contributed by atoms with Gasteiger partial charge in [-0.2, -0.15) is 5.26 Å². The monoisotopic (exact) mass is 1320 g/mol. The number of furan rings is 4. The molecule has 0 atom stereocenters. The van der Waals surface area contributed by atoms with Crippen LogP contribution in [0.1, 0.15) is 5.56 Å². The molecule has 103 heavy (non-hydrogen) atoms. The van der Waals surface area contributed by atoms with Gasteiger partial charge in [-0.3, -0.25) is 0 Å². The van der Waals surface area contributed by atoms with Crippen molar-refractivity contribution in [3.63, 3.8) is 0 Å². The summed E-state index contributed by atoms with van der Waals surface area (Å²) in [6.45, 7) is 0. The highest BCUT2D eigenvalue weighted by molar-refractivity contribution is 6.11. The van der Waals surface area contributed by atoms with Crippen molar-refractivity contribution in [1.29, 1.82) is 5.26 Å². The Morgan fingerprint density at radius 1 is 0.204 bits per heavy atom. The second kappa shape index (κ2) is 23.7. The normalized spacial score (nSPS) is 11.7. The molecule has 20 rings (SSSR count). The van der Waals surface area contributed by atoms with Crippen molar-refractivity contribution in [3.05, 3.63) is 315 Å². The average molecular weight is 1320 g/mol. The van der Waals surface area contributed by atoms with Crippen molar-refractivity contribution >= 4 is 87.8 Å². The van der Waals surface area contributed by atoms with Gasteiger partial charge in [-0.1, -0.05) is 133 Å². The number of benzene rings is 14. The molecule has 0 radical (unpaired) electrons. The van der Waals surface area contributed by atoms with Gasteiger partial charge < -0.3 is 17.7 Å². The molecule has 6 aromatic heterocycles. The molecule has 0 spiro atoms. The fourth-order valence-electron chi connectivity index (χ4n) is 14.3. The van der Waals surface area contributed by atoms with E-state index in [9.17, 15) is 9.65 Å². The molecule has 12 heteroatoms. The maximum Gasteiger partial charge on any atom is 0.164 e. The highest BCUT2D eigenvalue weighted by Crippen LogP contribution is 2.44. The van der Waals surface area contributed by atoms with E-state index in [0.717, 1.165) is 171 Å². The third kappa shape index (κ3) is 10.5. The minimum absolute atomic E-state index is 0.346. The van der Waals surface area contributed by atoms with E-state index in [1.54, 1.807) is 24.3 Å². The molecule has 0 aliphatic rings. The fourth-order valence-corrected chi connectivity index (χ4v) is 14.3. The Labute approximate surface area is 586 Å². The summed E-state index contributed by atoms with van der Waals surface area (Å²) >= 11 is 0. The Kier molecular flexibility index (Phi) is 13.6. The Hall–Kier alpha value is -14.3. The molecule has 0 saturated heterocycles. The Morgan fingerprint density at radius 3 is 0.854 bits per heavy atom. The second-order valence-electron chi connectivity index (χ2n) is 25.8. The van der Waals surface area contributed by atoms with Gasteiger partial charge in [0.25, 0.3) is 0 Å². The number of nitriles is 1. The number of rotatable bonds is 11. The third-order valence-corrected chi connectivity index (χ3v) is 19.5. The molecule has 0 fully saturated rings. The first-order valence-corrected chi connectivity index (χ1v) is 33.7. The number of halogens is 1. The zero-order chi connectivity index (χ0) is 68.2. The molecule has 11 nitrogen and oxygen atoms in total. The lowest BCUT2D eigenvalue weighted by Crippen LogP contribution is -2.00. The van der Waals surface area contributed by atoms with Crippen LogP contribution in [0.15, 0.2) is 321 Å². The van der Waals surface area contributed by atoms with E-state index in [4.69, 9.17) is 47.6 Å². The molecule has 6 heterocycles. The number of aromatic nitrogens is 6. The molecule has 14 aromatic carbocycles. The average Bonchev–Trinajstić information content (AvgIpc) is 1.53. The molecule has 0 aliphatic carbocycles. The molecule has 0 N–H and O–H groups in total. The summed E-state index contributed by atoms with van der Waals surface area (Å²) in [6.07, 6.45) is 0. The lowest BCUT2D eigenvalue weighted by atomic mass is 9.94. The van der Waals surface area contributed by atoms with Gasteiger partial charge in [0.05, 0.1) is 11.6 Å². The first-order valence-electron chi connectivity index (χ1n) is 33.7. The van der Waals surface area contributed by atoms with Crippen LogP contribution in [0, 0.1) is 17.1 Å². The van der Waals surface area contributed by atoms with Crippen LogP contribution in [0.25, 0.3) is 212 Å². The van der Waals surface area contributed by atoms with Crippen molar-refractivity contribution in [2.45, 2.75) is 0 Å². The minimum atomic E-state index is -0.346. The van der Waals surface area contributed by atoms with Crippen LogP contribution < -0.4 is 0 Å². The maximum atomic E-state index is 14.4. The summed E-state index contributed by atoms with van der Waals surface area (Å²) in [7, 11) is 0. The van der Waals surface area contributed by atoms with Crippen molar-refractivity contribution in [2.24, 2.45) is 0 Å². The maximum absolute atomic E-state index is 14.4. The largest absolute Gasteiger partial charge is 0.456 e. The van der Waals surface area contributed by atoms with Crippen molar-refractivity contribution in [3.8, 4) is 130 Å². The van der Waals surface area contributed by atoms with Gasteiger partial charge >= 0.3 is 0 Å². The van der Waals surface area contributed by atoms with Crippen molar-refractivity contribution in [2.75, 3.05) is 0 Å². The summed E-state index contributed by atoms with van der Waals surface area (Å²) in [6, 6.07) is 103. The molecule has 0 amide bonds. The molecule has 20 aromatic rings. The standard InChI is InChI=1S/C91H50FN7O4/c92-69-31-23-56(24-32-69)89-95-87(54-13-5-2-6-14-54)97-91(99-89)67-41-63(58-27-35-80-73(46-58)70-15-7-9-17-78(70)100-80)39-65(43-67)60-29-37-82-75(48-60)72-33-25-62(50-85(72)103-82)57-26-34-83-76(45-57)77-49-61(30-38-84(77)102-83)66-40-64(59-28-36-81-74(47-59)71-16-8-10-18-79(71)101-81)42-68(44-66)90-96-86(53-11-3-1-4-12-53)94-88(98-90)55-21-19-52(51-93)20-22-55/h1-50H. The zero-order valence-electron chi connectivity index (χ0n) is 54.5. The summed E-state index contributed by atoms with van der Waals surface area (Å²) in [5.41, 5.74) is 21.2. The molecule has 0 bridgehead atoms. The highest BCUT2D eigenvalue weighted by Gasteiger charge is 2.22. The highest BCUT2D eigenvalue weighted by atomic mass is 19.1. The summed E-state index contributed by atoms with van der Waals surface area (Å²) in [4.78, 5) is 30.6. The van der Waals surface area contributed by atoms with Crippen molar-refractivity contribution in [1.82, 2.24) is 29.9 Å². The van der Waals surface area contributed by atoms with Crippen molar-refractivity contribution < 1.29 is 22.1 Å². The van der Waals surface area contributed by atoms with Crippen LogP contribution in [0.4, 0.5) is 4.39 Å². The lowest BCUT2D eigenvalue weighted by molar-refractivity contribution is 0.628. The Bertz CT molecular complexity index is 6890. The van der Waals surface area contributed by atoms with E-state index >= 15 is 0 Å². The minimum Gasteiger partial charge on any atom is -0.456 e. The van der Waals surface area contributed by atoms with Crippen LogP contribution in [-0.4, -0.2) is 29.9 Å². The van der Waals surface area contributed by atoms with Gasteiger partial charge in [-0.25, -0.2) is 34.3 Å². The molecule has 0 aliphatic heterocycles. The third-order valence-electron chi connectivity index (χ3n) is 19.5. The van der Waals surface area contributed by atoms with E-state index in [1.807, 2.05) is 140 Å². The summed E-state index contributed by atoms with van der Waals surface area (Å²) < 4.78 is 40.4.